The van der Waals surface area contributed by atoms with Crippen molar-refractivity contribution in [3.63, 3.8) is 0 Å². The second kappa shape index (κ2) is 8.86. The molecule has 0 spiro atoms. The molecule has 0 aliphatic heterocycles. The van der Waals surface area contributed by atoms with Crippen molar-refractivity contribution >= 4 is 17.6 Å². The van der Waals surface area contributed by atoms with E-state index in [9.17, 15) is 0 Å². The maximum Gasteiger partial charge on any atom is 0.127 e. The summed E-state index contributed by atoms with van der Waals surface area (Å²) in [6, 6.07) is 26.0. The van der Waals surface area contributed by atoms with Crippen molar-refractivity contribution in [3.05, 3.63) is 84.4 Å². The molecule has 0 heterocycles. The molecule has 3 nitrogen and oxygen atoms in total. The van der Waals surface area contributed by atoms with Crippen LogP contribution in [-0.4, -0.2) is 19.3 Å². The Morgan fingerprint density at radius 1 is 0.769 bits per heavy atom. The van der Waals surface area contributed by atoms with Gasteiger partial charge in [0.05, 0.1) is 5.69 Å². The zero-order chi connectivity index (χ0) is 18.2. The van der Waals surface area contributed by atoms with E-state index < -0.39 is 0 Å². The van der Waals surface area contributed by atoms with Gasteiger partial charge in [-0.1, -0.05) is 30.3 Å². The lowest BCUT2D eigenvalue weighted by molar-refractivity contribution is 0.483. The van der Waals surface area contributed by atoms with Gasteiger partial charge in [0.25, 0.3) is 0 Å². The van der Waals surface area contributed by atoms with Crippen LogP contribution in [-0.2, 0) is 0 Å². The molecule has 3 rings (SSSR count). The number of para-hydroxylation sites is 1. The van der Waals surface area contributed by atoms with Crippen molar-refractivity contribution in [3.8, 4) is 11.5 Å². The van der Waals surface area contributed by atoms with Gasteiger partial charge in [0, 0.05) is 25.0 Å². The molecule has 0 amide bonds. The molecule has 0 aliphatic carbocycles. The van der Waals surface area contributed by atoms with E-state index in [1.54, 1.807) is 0 Å². The molecule has 132 valence electrons. The molecule has 0 saturated carbocycles. The van der Waals surface area contributed by atoms with Crippen LogP contribution in [0.5, 0.6) is 11.5 Å². The van der Waals surface area contributed by atoms with Crippen LogP contribution in [0.25, 0.3) is 0 Å². The first-order valence-electron chi connectivity index (χ1n) is 9.00. The molecule has 0 aromatic heterocycles. The number of hydrogen-bond acceptors (Lipinski definition) is 3. The second-order valence-electron chi connectivity index (χ2n) is 5.93. The number of anilines is 1. The van der Waals surface area contributed by atoms with Crippen LogP contribution in [0.2, 0.25) is 0 Å². The molecule has 0 N–H and O–H groups in total. The van der Waals surface area contributed by atoms with Gasteiger partial charge in [0.2, 0.25) is 0 Å². The number of aliphatic imine (C=N–C) groups is 1. The molecule has 0 bridgehead atoms. The summed E-state index contributed by atoms with van der Waals surface area (Å²) >= 11 is 0. The van der Waals surface area contributed by atoms with Crippen molar-refractivity contribution in [2.24, 2.45) is 4.99 Å². The summed E-state index contributed by atoms with van der Waals surface area (Å²) < 4.78 is 5.80. The van der Waals surface area contributed by atoms with E-state index in [1.165, 1.54) is 5.69 Å². The van der Waals surface area contributed by atoms with Gasteiger partial charge in [-0.3, -0.25) is 4.99 Å². The molecule has 0 atom stereocenters. The highest BCUT2D eigenvalue weighted by molar-refractivity contribution is 5.82. The Balaban J connectivity index is 1.63. The summed E-state index contributed by atoms with van der Waals surface area (Å²) in [5, 5.41) is 0. The van der Waals surface area contributed by atoms with Crippen molar-refractivity contribution in [1.29, 1.82) is 0 Å². The van der Waals surface area contributed by atoms with Crippen LogP contribution in [0.4, 0.5) is 11.4 Å². The lowest BCUT2D eigenvalue weighted by Crippen LogP contribution is -2.21. The minimum atomic E-state index is 0.804. The van der Waals surface area contributed by atoms with Crippen molar-refractivity contribution < 1.29 is 4.74 Å². The molecule has 26 heavy (non-hydrogen) atoms. The van der Waals surface area contributed by atoms with Crippen LogP contribution in [0, 0.1) is 0 Å². The van der Waals surface area contributed by atoms with Gasteiger partial charge < -0.3 is 9.64 Å². The van der Waals surface area contributed by atoms with Gasteiger partial charge in [0.1, 0.15) is 11.5 Å². The molecule has 0 aliphatic rings. The number of rotatable bonds is 7. The molecule has 0 radical (unpaired) electrons. The standard InChI is InChI=1S/C23H24N2O/c1-3-25(4-2)21-14-10-19(11-15-21)18-24-20-12-16-23(17-13-20)26-22-8-6-5-7-9-22/h5-18H,3-4H2,1-2H3. The van der Waals surface area contributed by atoms with Gasteiger partial charge in [-0.05, 0) is 67.9 Å². The number of nitrogens with zero attached hydrogens (tertiary/aromatic N) is 2. The molecular formula is C23H24N2O. The monoisotopic (exact) mass is 344 g/mol. The van der Waals surface area contributed by atoms with Crippen molar-refractivity contribution in [2.45, 2.75) is 13.8 Å². The predicted octanol–water partition coefficient (Wildman–Crippen LogP) is 6.08. The summed E-state index contributed by atoms with van der Waals surface area (Å²) in [4.78, 5) is 6.87. The van der Waals surface area contributed by atoms with Crippen molar-refractivity contribution in [2.75, 3.05) is 18.0 Å². The Kier molecular flexibility index (Phi) is 6.05. The zero-order valence-corrected chi connectivity index (χ0v) is 15.3. The molecule has 0 saturated heterocycles. The Morgan fingerprint density at radius 2 is 1.38 bits per heavy atom. The highest BCUT2D eigenvalue weighted by Gasteiger charge is 2.00. The van der Waals surface area contributed by atoms with Gasteiger partial charge in [-0.2, -0.15) is 0 Å². The third-order valence-electron chi connectivity index (χ3n) is 4.20. The van der Waals surface area contributed by atoms with Gasteiger partial charge >= 0.3 is 0 Å². The number of benzene rings is 3. The highest BCUT2D eigenvalue weighted by atomic mass is 16.5. The third-order valence-corrected chi connectivity index (χ3v) is 4.20. The summed E-state index contributed by atoms with van der Waals surface area (Å²) in [5.74, 6) is 1.63. The van der Waals surface area contributed by atoms with Crippen LogP contribution in [0.3, 0.4) is 0 Å². The van der Waals surface area contributed by atoms with Gasteiger partial charge in [-0.25, -0.2) is 0 Å². The normalized spacial score (nSPS) is 10.8. The van der Waals surface area contributed by atoms with E-state index in [0.717, 1.165) is 35.8 Å². The largest absolute Gasteiger partial charge is 0.457 e. The summed E-state index contributed by atoms with van der Waals surface area (Å²) in [6.07, 6.45) is 1.89. The maximum atomic E-state index is 5.80. The highest BCUT2D eigenvalue weighted by Crippen LogP contribution is 2.23. The SMILES string of the molecule is CCN(CC)c1ccc(C=Nc2ccc(Oc3ccccc3)cc2)cc1. The zero-order valence-electron chi connectivity index (χ0n) is 15.3. The van der Waals surface area contributed by atoms with E-state index in [0.29, 0.717) is 0 Å². The number of hydrogen-bond donors (Lipinski definition) is 0. The quantitative estimate of drug-likeness (QED) is 0.486. The average molecular weight is 344 g/mol. The number of ether oxygens (including phenoxy) is 1. The molecule has 3 heteroatoms. The van der Waals surface area contributed by atoms with Crippen LogP contribution in [0.15, 0.2) is 83.9 Å². The van der Waals surface area contributed by atoms with Crippen molar-refractivity contribution in [1.82, 2.24) is 0 Å². The first kappa shape index (κ1) is 17.7. The first-order valence-corrected chi connectivity index (χ1v) is 9.00. The topological polar surface area (TPSA) is 24.8 Å². The minimum Gasteiger partial charge on any atom is -0.457 e. The average Bonchev–Trinajstić information content (AvgIpc) is 2.70. The minimum absolute atomic E-state index is 0.804. The third kappa shape index (κ3) is 4.73. The van der Waals surface area contributed by atoms with E-state index in [1.807, 2.05) is 60.8 Å². The van der Waals surface area contributed by atoms with E-state index in [-0.39, 0.29) is 0 Å². The van der Waals surface area contributed by atoms with Gasteiger partial charge in [0.15, 0.2) is 0 Å². The Hall–Kier alpha value is -3.07. The fourth-order valence-corrected chi connectivity index (χ4v) is 2.73. The fraction of sp³-hybridized carbons (Fsp3) is 0.174. The Bertz CT molecular complexity index is 820. The Labute approximate surface area is 155 Å². The Morgan fingerprint density at radius 3 is 2.00 bits per heavy atom. The van der Waals surface area contributed by atoms with E-state index in [4.69, 9.17) is 4.74 Å². The first-order chi connectivity index (χ1) is 12.8. The summed E-state index contributed by atoms with van der Waals surface area (Å²) in [6.45, 7) is 6.37. The summed E-state index contributed by atoms with van der Waals surface area (Å²) in [5.41, 5.74) is 3.23. The van der Waals surface area contributed by atoms with E-state index in [2.05, 4.69) is 48.0 Å². The second-order valence-corrected chi connectivity index (χ2v) is 5.93. The lowest BCUT2D eigenvalue weighted by Gasteiger charge is -2.20. The van der Waals surface area contributed by atoms with Crippen LogP contribution >= 0.6 is 0 Å². The lowest BCUT2D eigenvalue weighted by atomic mass is 10.2. The summed E-state index contributed by atoms with van der Waals surface area (Å²) in [7, 11) is 0. The molecule has 3 aromatic rings. The maximum absolute atomic E-state index is 5.80. The fourth-order valence-electron chi connectivity index (χ4n) is 2.73. The smallest absolute Gasteiger partial charge is 0.127 e. The molecule has 0 fully saturated rings. The van der Waals surface area contributed by atoms with Crippen LogP contribution < -0.4 is 9.64 Å². The van der Waals surface area contributed by atoms with Gasteiger partial charge in [-0.15, -0.1) is 0 Å². The predicted molar refractivity (Wildman–Crippen MR) is 110 cm³/mol. The molecule has 0 unspecified atom stereocenters. The molecule has 3 aromatic carbocycles. The van der Waals surface area contributed by atoms with E-state index >= 15 is 0 Å². The molecular weight excluding hydrogens is 320 g/mol. The van der Waals surface area contributed by atoms with Crippen LogP contribution in [0.1, 0.15) is 19.4 Å².